The first-order valence-corrected chi connectivity index (χ1v) is 9.39. The highest BCUT2D eigenvalue weighted by Gasteiger charge is 2.29. The molecule has 0 bridgehead atoms. The zero-order chi connectivity index (χ0) is 17.4. The van der Waals surface area contributed by atoms with E-state index in [1.54, 1.807) is 18.9 Å². The van der Waals surface area contributed by atoms with Gasteiger partial charge >= 0.3 is 0 Å². The van der Waals surface area contributed by atoms with Crippen molar-refractivity contribution in [2.75, 3.05) is 12.9 Å². The van der Waals surface area contributed by atoms with Crippen molar-refractivity contribution in [3.8, 4) is 11.8 Å². The van der Waals surface area contributed by atoms with Crippen molar-refractivity contribution in [3.63, 3.8) is 0 Å². The first-order valence-electron chi connectivity index (χ1n) is 8.40. The molecule has 1 aromatic carbocycles. The fraction of sp³-hybridized carbons (Fsp3) is 0.474. The van der Waals surface area contributed by atoms with Gasteiger partial charge in [-0.05, 0) is 29.9 Å². The number of benzene rings is 1. The number of allylic oxidation sites excluding steroid dienone is 1. The quantitative estimate of drug-likeness (QED) is 0.712. The Balaban J connectivity index is 2.15. The summed E-state index contributed by atoms with van der Waals surface area (Å²) in [7, 11) is 1.62. The van der Waals surface area contributed by atoms with Gasteiger partial charge in [-0.15, -0.1) is 11.8 Å². The number of nitrogens with one attached hydrogen (secondary N) is 1. The van der Waals surface area contributed by atoms with Gasteiger partial charge in [-0.25, -0.2) is 0 Å². The molecular formula is C19H24N2O2S. The molecule has 1 aliphatic heterocycles. The molecule has 128 valence electrons. The third kappa shape index (κ3) is 4.78. The minimum atomic E-state index is -0.173. The van der Waals surface area contributed by atoms with Crippen molar-refractivity contribution in [2.24, 2.45) is 0 Å². The molecule has 1 aromatic rings. The van der Waals surface area contributed by atoms with Gasteiger partial charge < -0.3 is 10.1 Å². The van der Waals surface area contributed by atoms with Crippen LogP contribution in [0.1, 0.15) is 50.5 Å². The van der Waals surface area contributed by atoms with Gasteiger partial charge in [0.2, 0.25) is 5.91 Å². The highest BCUT2D eigenvalue weighted by molar-refractivity contribution is 8.03. The first kappa shape index (κ1) is 18.4. The number of rotatable bonds is 8. The van der Waals surface area contributed by atoms with E-state index in [0.717, 1.165) is 28.5 Å². The summed E-state index contributed by atoms with van der Waals surface area (Å²) in [4.78, 5) is 12.1. The maximum Gasteiger partial charge on any atom is 0.225 e. The van der Waals surface area contributed by atoms with E-state index in [1.165, 1.54) is 19.3 Å². The number of nitrogens with zero attached hydrogens (tertiary/aromatic N) is 1. The second kappa shape index (κ2) is 9.39. The number of nitriles is 1. The fourth-order valence-electron chi connectivity index (χ4n) is 2.76. The number of amides is 1. The molecule has 5 heteroatoms. The van der Waals surface area contributed by atoms with E-state index < -0.39 is 0 Å². The van der Waals surface area contributed by atoms with E-state index in [0.29, 0.717) is 12.0 Å². The van der Waals surface area contributed by atoms with Gasteiger partial charge in [0.05, 0.1) is 23.8 Å². The Morgan fingerprint density at radius 1 is 1.29 bits per heavy atom. The molecule has 24 heavy (non-hydrogen) atoms. The van der Waals surface area contributed by atoms with E-state index in [9.17, 15) is 10.1 Å². The number of methoxy groups -OCH3 is 1. The summed E-state index contributed by atoms with van der Waals surface area (Å²) in [5.41, 5.74) is 1.64. The summed E-state index contributed by atoms with van der Waals surface area (Å²) in [5, 5.41) is 13.2. The van der Waals surface area contributed by atoms with Crippen LogP contribution in [0, 0.1) is 11.3 Å². The summed E-state index contributed by atoms with van der Waals surface area (Å²) in [6, 6.07) is 9.92. The number of hydrogen-bond donors (Lipinski definition) is 1. The molecule has 0 spiro atoms. The van der Waals surface area contributed by atoms with Gasteiger partial charge in [-0.1, -0.05) is 38.3 Å². The van der Waals surface area contributed by atoms with Crippen LogP contribution in [-0.4, -0.2) is 18.8 Å². The number of unbranched alkanes of at least 4 members (excludes halogenated alkanes) is 3. The van der Waals surface area contributed by atoms with Crippen LogP contribution in [0.5, 0.6) is 5.75 Å². The predicted octanol–water partition coefficient (Wildman–Crippen LogP) is 4.35. The SMILES string of the molecule is CCCCCCSC1=C(C#N)[C@H](c2ccc(OC)cc2)CC(=O)N1. The molecule has 0 aliphatic carbocycles. The van der Waals surface area contributed by atoms with Crippen LogP contribution in [0.3, 0.4) is 0 Å². The topological polar surface area (TPSA) is 62.1 Å². The highest BCUT2D eigenvalue weighted by Crippen LogP contribution is 2.36. The van der Waals surface area contributed by atoms with Crippen LogP contribution < -0.4 is 10.1 Å². The summed E-state index contributed by atoms with van der Waals surface area (Å²) in [6.07, 6.45) is 5.03. The third-order valence-corrected chi connectivity index (χ3v) is 5.22. The van der Waals surface area contributed by atoms with E-state index in [2.05, 4.69) is 18.3 Å². The van der Waals surface area contributed by atoms with Crippen molar-refractivity contribution < 1.29 is 9.53 Å². The summed E-state index contributed by atoms with van der Waals surface area (Å²) in [5.74, 6) is 1.50. The minimum Gasteiger partial charge on any atom is -0.497 e. The molecule has 1 heterocycles. The lowest BCUT2D eigenvalue weighted by Crippen LogP contribution is -2.30. The maximum atomic E-state index is 12.1. The van der Waals surface area contributed by atoms with Crippen molar-refractivity contribution in [2.45, 2.75) is 44.9 Å². The van der Waals surface area contributed by atoms with Crippen LogP contribution in [0.2, 0.25) is 0 Å². The van der Waals surface area contributed by atoms with Crippen LogP contribution >= 0.6 is 11.8 Å². The van der Waals surface area contributed by atoms with E-state index in [-0.39, 0.29) is 11.8 Å². The normalized spacial score (nSPS) is 17.4. The Hall–Kier alpha value is -1.93. The van der Waals surface area contributed by atoms with Crippen LogP contribution in [-0.2, 0) is 4.79 Å². The van der Waals surface area contributed by atoms with Gasteiger partial charge in [0, 0.05) is 12.3 Å². The Morgan fingerprint density at radius 2 is 2.04 bits per heavy atom. The molecule has 2 rings (SSSR count). The Labute approximate surface area is 148 Å². The van der Waals surface area contributed by atoms with Crippen molar-refractivity contribution in [3.05, 3.63) is 40.4 Å². The third-order valence-electron chi connectivity index (χ3n) is 4.12. The number of carbonyl (C=O) groups is 1. The molecule has 1 amide bonds. The summed E-state index contributed by atoms with van der Waals surface area (Å²) in [6.45, 7) is 2.18. The van der Waals surface area contributed by atoms with Gasteiger partial charge in [0.1, 0.15) is 5.75 Å². The Morgan fingerprint density at radius 3 is 2.67 bits per heavy atom. The van der Waals surface area contributed by atoms with E-state index in [1.807, 2.05) is 24.3 Å². The number of ether oxygens (including phenoxy) is 1. The van der Waals surface area contributed by atoms with Crippen molar-refractivity contribution in [1.29, 1.82) is 5.26 Å². The van der Waals surface area contributed by atoms with Crippen LogP contribution in [0.15, 0.2) is 34.9 Å². The lowest BCUT2D eigenvalue weighted by atomic mass is 9.87. The lowest BCUT2D eigenvalue weighted by Gasteiger charge is -2.25. The zero-order valence-electron chi connectivity index (χ0n) is 14.3. The Bertz CT molecular complexity index is 632. The largest absolute Gasteiger partial charge is 0.497 e. The molecule has 4 nitrogen and oxygen atoms in total. The molecular weight excluding hydrogens is 320 g/mol. The zero-order valence-corrected chi connectivity index (χ0v) is 15.1. The molecule has 1 atom stereocenters. The number of hydrogen-bond acceptors (Lipinski definition) is 4. The number of carbonyl (C=O) groups excluding carboxylic acids is 1. The summed E-state index contributed by atoms with van der Waals surface area (Å²) < 4.78 is 5.18. The summed E-state index contributed by atoms with van der Waals surface area (Å²) >= 11 is 1.59. The average Bonchev–Trinajstić information content (AvgIpc) is 2.61. The molecule has 0 aromatic heterocycles. The second-order valence-corrected chi connectivity index (χ2v) is 6.95. The van der Waals surface area contributed by atoms with Crippen molar-refractivity contribution >= 4 is 17.7 Å². The van der Waals surface area contributed by atoms with Gasteiger partial charge in [-0.3, -0.25) is 4.79 Å². The van der Waals surface area contributed by atoms with Crippen LogP contribution in [0.25, 0.3) is 0 Å². The maximum absolute atomic E-state index is 12.1. The monoisotopic (exact) mass is 344 g/mol. The van der Waals surface area contributed by atoms with Crippen molar-refractivity contribution in [1.82, 2.24) is 5.32 Å². The first-order chi connectivity index (χ1) is 11.7. The smallest absolute Gasteiger partial charge is 0.225 e. The molecule has 0 unspecified atom stereocenters. The van der Waals surface area contributed by atoms with Crippen LogP contribution in [0.4, 0.5) is 0 Å². The minimum absolute atomic E-state index is 0.0223. The predicted molar refractivity (Wildman–Crippen MR) is 97.7 cm³/mol. The highest BCUT2D eigenvalue weighted by atomic mass is 32.2. The molecule has 0 saturated heterocycles. The van der Waals surface area contributed by atoms with Gasteiger partial charge in [-0.2, -0.15) is 5.26 Å². The van der Waals surface area contributed by atoms with E-state index in [4.69, 9.17) is 4.74 Å². The average molecular weight is 344 g/mol. The second-order valence-electron chi connectivity index (χ2n) is 5.84. The standard InChI is InChI=1S/C19H24N2O2S/c1-3-4-5-6-11-24-19-17(13-20)16(12-18(22)21-19)14-7-9-15(23-2)10-8-14/h7-10,16H,3-6,11-12H2,1-2H3,(H,21,22)/t16-/m0/s1. The Kier molecular flexibility index (Phi) is 7.20. The van der Waals surface area contributed by atoms with E-state index >= 15 is 0 Å². The molecule has 0 radical (unpaired) electrons. The molecule has 0 saturated carbocycles. The van der Waals surface area contributed by atoms with Gasteiger partial charge in [0.25, 0.3) is 0 Å². The lowest BCUT2D eigenvalue weighted by molar-refractivity contribution is -0.120. The molecule has 1 aliphatic rings. The number of thioether (sulfide) groups is 1. The fourth-order valence-corrected chi connectivity index (χ4v) is 3.84. The molecule has 1 N–H and O–H groups in total. The molecule has 0 fully saturated rings. The van der Waals surface area contributed by atoms with Gasteiger partial charge in [0.15, 0.2) is 0 Å².